The zero-order chi connectivity index (χ0) is 21.6. The van der Waals surface area contributed by atoms with Gasteiger partial charge < -0.3 is 10.6 Å². The molecule has 1 fully saturated rings. The summed E-state index contributed by atoms with van der Waals surface area (Å²) in [6.45, 7) is 2.40. The number of H-pyrrole nitrogens is 1. The lowest BCUT2D eigenvalue weighted by atomic mass is 10.1. The molecule has 0 spiro atoms. The predicted octanol–water partition coefficient (Wildman–Crippen LogP) is 4.04. The van der Waals surface area contributed by atoms with Crippen LogP contribution in [-0.4, -0.2) is 30.6 Å². The maximum absolute atomic E-state index is 15.2. The van der Waals surface area contributed by atoms with Crippen molar-refractivity contribution in [2.24, 2.45) is 0 Å². The Morgan fingerprint density at radius 2 is 1.90 bits per heavy atom. The highest BCUT2D eigenvalue weighted by Crippen LogP contribution is 2.35. The third-order valence-corrected chi connectivity index (χ3v) is 5.17. The number of rotatable bonds is 7. The summed E-state index contributed by atoms with van der Waals surface area (Å²) in [6.07, 6.45) is 2.26. The van der Waals surface area contributed by atoms with Gasteiger partial charge in [0.15, 0.2) is 5.82 Å². The Morgan fingerprint density at radius 1 is 1.13 bits per heavy atom. The molecule has 7 nitrogen and oxygen atoms in total. The molecular weight excluding hydrogens is 407 g/mol. The number of aryl methyl sites for hydroxylation is 1. The van der Waals surface area contributed by atoms with E-state index in [4.69, 9.17) is 0 Å². The number of halogens is 3. The van der Waals surface area contributed by atoms with Gasteiger partial charge in [-0.05, 0) is 56.2 Å². The lowest BCUT2D eigenvalue weighted by molar-refractivity contribution is 0.0330. The van der Waals surface area contributed by atoms with Crippen LogP contribution >= 0.6 is 0 Å². The molecule has 3 aromatic heterocycles. The van der Waals surface area contributed by atoms with E-state index in [0.29, 0.717) is 24.1 Å². The van der Waals surface area contributed by atoms with Crippen LogP contribution in [0.2, 0.25) is 0 Å². The molecule has 0 aliphatic heterocycles. The van der Waals surface area contributed by atoms with Crippen molar-refractivity contribution in [2.75, 3.05) is 5.32 Å². The van der Waals surface area contributed by atoms with Crippen LogP contribution in [-0.2, 0) is 12.5 Å². The maximum atomic E-state index is 15.2. The van der Waals surface area contributed by atoms with E-state index in [1.54, 1.807) is 16.5 Å². The second-order valence-electron chi connectivity index (χ2n) is 7.69. The van der Waals surface area contributed by atoms with Crippen LogP contribution in [0.1, 0.15) is 35.6 Å². The third kappa shape index (κ3) is 3.86. The monoisotopic (exact) mass is 427 g/mol. The number of benzene rings is 1. The predicted molar refractivity (Wildman–Crippen MR) is 109 cm³/mol. The Hall–Kier alpha value is -3.40. The molecule has 5 rings (SSSR count). The van der Waals surface area contributed by atoms with Gasteiger partial charge in [-0.15, -0.1) is 0 Å². The first kappa shape index (κ1) is 19.6. The fourth-order valence-electron chi connectivity index (χ4n) is 3.37. The minimum absolute atomic E-state index is 0.172. The molecule has 4 aromatic rings. The molecule has 0 amide bonds. The van der Waals surface area contributed by atoms with E-state index < -0.39 is 17.6 Å². The van der Waals surface area contributed by atoms with Crippen molar-refractivity contribution in [3.8, 4) is 0 Å². The summed E-state index contributed by atoms with van der Waals surface area (Å²) in [5, 5.41) is 13.4. The number of aromatic amines is 1. The number of hydrogen-bond donors (Lipinski definition) is 3. The third-order valence-electron chi connectivity index (χ3n) is 5.17. The van der Waals surface area contributed by atoms with Gasteiger partial charge in [0.2, 0.25) is 11.8 Å². The van der Waals surface area contributed by atoms with Crippen molar-refractivity contribution < 1.29 is 13.2 Å². The molecule has 1 saturated carbocycles. The van der Waals surface area contributed by atoms with Crippen LogP contribution in [0, 0.1) is 12.7 Å². The zero-order valence-electron chi connectivity index (χ0n) is 16.7. The molecule has 160 valence electrons. The summed E-state index contributed by atoms with van der Waals surface area (Å²) in [4.78, 5) is 8.30. The largest absolute Gasteiger partial charge is 0.331 e. The quantitative estimate of drug-likeness (QED) is 0.415. The van der Waals surface area contributed by atoms with E-state index in [-0.39, 0.29) is 11.5 Å². The number of anilines is 2. The molecule has 3 heterocycles. The molecule has 31 heavy (non-hydrogen) atoms. The van der Waals surface area contributed by atoms with Gasteiger partial charge in [0.25, 0.3) is 0 Å². The minimum atomic E-state index is -3.51. The molecule has 1 aliphatic carbocycles. The van der Waals surface area contributed by atoms with E-state index in [1.807, 2.05) is 13.0 Å². The number of hydrogen-bond acceptors (Lipinski definition) is 5. The molecular formula is C21H20F3N7. The van der Waals surface area contributed by atoms with Crippen molar-refractivity contribution in [3.05, 3.63) is 71.1 Å². The van der Waals surface area contributed by atoms with Crippen molar-refractivity contribution in [2.45, 2.75) is 38.3 Å². The van der Waals surface area contributed by atoms with Gasteiger partial charge in [-0.2, -0.15) is 18.9 Å². The highest BCUT2D eigenvalue weighted by molar-refractivity contribution is 5.56. The van der Waals surface area contributed by atoms with E-state index in [0.717, 1.165) is 48.5 Å². The molecule has 0 saturated heterocycles. The lowest BCUT2D eigenvalue weighted by Crippen LogP contribution is -2.22. The number of nitrogens with zero attached hydrogens (tertiary/aromatic N) is 4. The van der Waals surface area contributed by atoms with E-state index in [1.165, 1.54) is 0 Å². The van der Waals surface area contributed by atoms with Crippen molar-refractivity contribution in [1.82, 2.24) is 29.9 Å². The molecule has 10 heteroatoms. The SMILES string of the molecule is Cc1cc(Nc2nc(C(F)(F)c3ccc(F)cc3)nc3ccc(CNC4CC4)n23)n[nH]1. The Balaban J connectivity index is 1.59. The Bertz CT molecular complexity index is 1230. The summed E-state index contributed by atoms with van der Waals surface area (Å²) in [7, 11) is 0. The van der Waals surface area contributed by atoms with Crippen LogP contribution in [0.25, 0.3) is 5.65 Å². The molecule has 1 aliphatic rings. The zero-order valence-corrected chi connectivity index (χ0v) is 16.7. The minimum Gasteiger partial charge on any atom is -0.308 e. The van der Waals surface area contributed by atoms with Gasteiger partial charge in [-0.1, -0.05) is 0 Å². The van der Waals surface area contributed by atoms with Crippen molar-refractivity contribution >= 4 is 17.4 Å². The summed E-state index contributed by atoms with van der Waals surface area (Å²) < 4.78 is 45.4. The first-order valence-corrected chi connectivity index (χ1v) is 9.95. The lowest BCUT2D eigenvalue weighted by Gasteiger charge is -2.18. The van der Waals surface area contributed by atoms with Crippen LogP contribution in [0.3, 0.4) is 0 Å². The topological polar surface area (TPSA) is 82.9 Å². The van der Waals surface area contributed by atoms with Gasteiger partial charge in [0.1, 0.15) is 11.5 Å². The van der Waals surface area contributed by atoms with Crippen LogP contribution in [0.4, 0.5) is 24.9 Å². The van der Waals surface area contributed by atoms with Crippen molar-refractivity contribution in [3.63, 3.8) is 0 Å². The van der Waals surface area contributed by atoms with Crippen LogP contribution in [0.15, 0.2) is 42.5 Å². The molecule has 0 atom stereocenters. The van der Waals surface area contributed by atoms with E-state index in [9.17, 15) is 4.39 Å². The first-order chi connectivity index (χ1) is 14.9. The van der Waals surface area contributed by atoms with Gasteiger partial charge >= 0.3 is 5.92 Å². The molecule has 0 bridgehead atoms. The van der Waals surface area contributed by atoms with Gasteiger partial charge in [-0.3, -0.25) is 9.50 Å². The normalized spacial score (nSPS) is 14.3. The average Bonchev–Trinajstić information content (AvgIpc) is 3.35. The second-order valence-corrected chi connectivity index (χ2v) is 7.69. The standard InChI is InChI=1S/C21H20F3N7/c1-12-10-17(30-29-12)26-20-28-19(21(23,24)13-2-4-14(22)5-3-13)27-18-9-8-16(31(18)20)11-25-15-6-7-15/h2-5,8-10,15,25H,6-7,11H2,1H3,(H2,26,27,28,29,30). The van der Waals surface area contributed by atoms with Gasteiger partial charge in [0, 0.05) is 35.6 Å². The van der Waals surface area contributed by atoms with Gasteiger partial charge in [0.05, 0.1) is 0 Å². The fraction of sp³-hybridized carbons (Fsp3) is 0.286. The van der Waals surface area contributed by atoms with Crippen LogP contribution in [0.5, 0.6) is 0 Å². The highest BCUT2D eigenvalue weighted by atomic mass is 19.3. The maximum Gasteiger partial charge on any atom is 0.331 e. The summed E-state index contributed by atoms with van der Waals surface area (Å²) in [6, 6.07) is 9.80. The van der Waals surface area contributed by atoms with Crippen LogP contribution < -0.4 is 10.6 Å². The summed E-state index contributed by atoms with van der Waals surface area (Å²) in [5.74, 6) is -4.16. The number of aromatic nitrogens is 5. The van der Waals surface area contributed by atoms with E-state index >= 15 is 8.78 Å². The highest BCUT2D eigenvalue weighted by Gasteiger charge is 2.38. The number of nitrogens with one attached hydrogen (secondary N) is 3. The fourth-order valence-corrected chi connectivity index (χ4v) is 3.37. The van der Waals surface area contributed by atoms with Crippen molar-refractivity contribution in [1.29, 1.82) is 0 Å². The first-order valence-electron chi connectivity index (χ1n) is 9.95. The molecule has 1 aromatic carbocycles. The summed E-state index contributed by atoms with van der Waals surface area (Å²) in [5.41, 5.74) is 1.59. The Labute approximate surface area is 175 Å². The smallest absolute Gasteiger partial charge is 0.308 e. The summed E-state index contributed by atoms with van der Waals surface area (Å²) >= 11 is 0. The second kappa shape index (κ2) is 7.38. The Morgan fingerprint density at radius 3 is 2.58 bits per heavy atom. The Kier molecular flexibility index (Phi) is 4.66. The van der Waals surface area contributed by atoms with Gasteiger partial charge in [-0.25, -0.2) is 9.37 Å². The molecule has 0 unspecified atom stereocenters. The number of fused-ring (bicyclic) bond motifs is 1. The van der Waals surface area contributed by atoms with E-state index in [2.05, 4.69) is 30.8 Å². The number of alkyl halides is 2. The average molecular weight is 427 g/mol. The molecule has 0 radical (unpaired) electrons. The molecule has 3 N–H and O–H groups in total.